The van der Waals surface area contributed by atoms with Crippen molar-refractivity contribution in [3.8, 4) is 0 Å². The van der Waals surface area contributed by atoms with E-state index >= 15 is 0 Å². The summed E-state index contributed by atoms with van der Waals surface area (Å²) in [5.74, 6) is 1.18. The molecule has 33 heavy (non-hydrogen) atoms. The van der Waals surface area contributed by atoms with E-state index in [1.54, 1.807) is 0 Å². The SMILES string of the molecule is CC(C)N1CCc2c(nc([C@H]3CCCN3C(=O)[C@@H](c3ccccc3)C3CCCC3)[nH]c2=O)C1. The van der Waals surface area contributed by atoms with Crippen molar-refractivity contribution in [2.75, 3.05) is 13.1 Å². The molecule has 3 aliphatic rings. The van der Waals surface area contributed by atoms with E-state index in [1.165, 1.54) is 12.8 Å². The maximum absolute atomic E-state index is 14.0. The Balaban J connectivity index is 1.45. The van der Waals surface area contributed by atoms with Crippen LogP contribution in [-0.2, 0) is 17.8 Å². The normalized spacial score (nSPS) is 22.6. The predicted molar refractivity (Wildman–Crippen MR) is 129 cm³/mol. The smallest absolute Gasteiger partial charge is 0.254 e. The number of amides is 1. The lowest BCUT2D eigenvalue weighted by Crippen LogP contribution is -2.41. The number of carbonyl (C=O) groups is 1. The van der Waals surface area contributed by atoms with Gasteiger partial charge in [0.15, 0.2) is 0 Å². The van der Waals surface area contributed by atoms with Crippen LogP contribution in [0, 0.1) is 5.92 Å². The molecule has 1 amide bonds. The van der Waals surface area contributed by atoms with Crippen molar-refractivity contribution in [1.82, 2.24) is 19.8 Å². The van der Waals surface area contributed by atoms with Crippen molar-refractivity contribution >= 4 is 5.91 Å². The Kier molecular flexibility index (Phi) is 6.37. The largest absolute Gasteiger partial charge is 0.332 e. The van der Waals surface area contributed by atoms with E-state index < -0.39 is 0 Å². The van der Waals surface area contributed by atoms with Crippen LogP contribution < -0.4 is 5.56 Å². The number of H-pyrrole nitrogens is 1. The average molecular weight is 449 g/mol. The number of nitrogens with one attached hydrogen (secondary N) is 1. The number of nitrogens with zero attached hydrogens (tertiary/aromatic N) is 3. The summed E-state index contributed by atoms with van der Waals surface area (Å²) < 4.78 is 0. The van der Waals surface area contributed by atoms with Gasteiger partial charge in [-0.25, -0.2) is 4.98 Å². The Morgan fingerprint density at radius 3 is 2.55 bits per heavy atom. The molecule has 3 heterocycles. The summed E-state index contributed by atoms with van der Waals surface area (Å²) in [6, 6.07) is 10.6. The number of carbonyl (C=O) groups excluding carboxylic acids is 1. The van der Waals surface area contributed by atoms with E-state index in [0.717, 1.165) is 62.0 Å². The molecule has 1 aromatic heterocycles. The number of aromatic amines is 1. The molecule has 1 aliphatic carbocycles. The van der Waals surface area contributed by atoms with Crippen molar-refractivity contribution in [3.63, 3.8) is 0 Å². The molecule has 6 heteroatoms. The summed E-state index contributed by atoms with van der Waals surface area (Å²) >= 11 is 0. The molecular formula is C27H36N4O2. The molecule has 6 nitrogen and oxygen atoms in total. The van der Waals surface area contributed by atoms with Crippen LogP contribution in [0.1, 0.15) is 87.0 Å². The maximum Gasteiger partial charge on any atom is 0.254 e. The Labute approximate surface area is 196 Å². The minimum atomic E-state index is -0.141. The minimum absolute atomic E-state index is 0.0203. The molecule has 2 atom stereocenters. The molecule has 1 saturated heterocycles. The highest BCUT2D eigenvalue weighted by atomic mass is 16.2. The summed E-state index contributed by atoms with van der Waals surface area (Å²) in [4.78, 5) is 39.4. The van der Waals surface area contributed by atoms with Crippen LogP contribution in [0.2, 0.25) is 0 Å². The van der Waals surface area contributed by atoms with Crippen LogP contribution >= 0.6 is 0 Å². The molecule has 1 saturated carbocycles. The van der Waals surface area contributed by atoms with Crippen LogP contribution in [0.25, 0.3) is 0 Å². The van der Waals surface area contributed by atoms with Gasteiger partial charge in [-0.2, -0.15) is 0 Å². The first-order chi connectivity index (χ1) is 16.0. The van der Waals surface area contributed by atoms with Gasteiger partial charge in [-0.05, 0) is 57.4 Å². The van der Waals surface area contributed by atoms with Crippen LogP contribution in [0.5, 0.6) is 0 Å². The Morgan fingerprint density at radius 1 is 1.06 bits per heavy atom. The van der Waals surface area contributed by atoms with E-state index in [2.05, 4.69) is 35.9 Å². The zero-order chi connectivity index (χ0) is 22.9. The molecular weight excluding hydrogens is 412 g/mol. The summed E-state index contributed by atoms with van der Waals surface area (Å²) in [5.41, 5.74) is 2.82. The number of rotatable bonds is 5. The van der Waals surface area contributed by atoms with Crippen LogP contribution in [0.4, 0.5) is 0 Å². The van der Waals surface area contributed by atoms with Crippen molar-refractivity contribution in [2.45, 2.75) is 83.3 Å². The van der Waals surface area contributed by atoms with Gasteiger partial charge in [0.1, 0.15) is 5.82 Å². The van der Waals surface area contributed by atoms with Gasteiger partial charge in [-0.3, -0.25) is 14.5 Å². The van der Waals surface area contributed by atoms with E-state index in [9.17, 15) is 9.59 Å². The third-order valence-corrected chi connectivity index (χ3v) is 8.00. The Bertz CT molecular complexity index is 1040. The van der Waals surface area contributed by atoms with Gasteiger partial charge in [-0.15, -0.1) is 0 Å². The third-order valence-electron chi connectivity index (χ3n) is 8.00. The van der Waals surface area contributed by atoms with Crippen molar-refractivity contribution in [3.05, 3.63) is 63.3 Å². The quantitative estimate of drug-likeness (QED) is 0.745. The Morgan fingerprint density at radius 2 is 1.82 bits per heavy atom. The number of benzene rings is 1. The molecule has 2 aromatic rings. The summed E-state index contributed by atoms with van der Waals surface area (Å²) in [6.07, 6.45) is 7.18. The van der Waals surface area contributed by atoms with Gasteiger partial charge in [0.05, 0.1) is 17.7 Å². The van der Waals surface area contributed by atoms with E-state index in [1.807, 2.05) is 23.1 Å². The highest BCUT2D eigenvalue weighted by molar-refractivity contribution is 5.84. The maximum atomic E-state index is 14.0. The first-order valence-electron chi connectivity index (χ1n) is 12.7. The lowest BCUT2D eigenvalue weighted by Gasteiger charge is -2.33. The van der Waals surface area contributed by atoms with Gasteiger partial charge in [-0.1, -0.05) is 43.2 Å². The topological polar surface area (TPSA) is 69.3 Å². The van der Waals surface area contributed by atoms with E-state index in [4.69, 9.17) is 4.98 Å². The minimum Gasteiger partial charge on any atom is -0.332 e. The second kappa shape index (κ2) is 9.41. The molecule has 176 valence electrons. The molecule has 2 aliphatic heterocycles. The van der Waals surface area contributed by atoms with Crippen molar-refractivity contribution in [2.24, 2.45) is 5.92 Å². The number of likely N-dealkylation sites (tertiary alicyclic amines) is 1. The molecule has 1 aromatic carbocycles. The monoisotopic (exact) mass is 448 g/mol. The van der Waals surface area contributed by atoms with E-state index in [0.29, 0.717) is 24.3 Å². The molecule has 0 spiro atoms. The lowest BCUT2D eigenvalue weighted by molar-refractivity contribution is -0.135. The first kappa shape index (κ1) is 22.3. The first-order valence-corrected chi connectivity index (χ1v) is 12.7. The number of aromatic nitrogens is 2. The molecule has 2 fully saturated rings. The predicted octanol–water partition coefficient (Wildman–Crippen LogP) is 4.17. The van der Waals surface area contributed by atoms with Gasteiger partial charge in [0.2, 0.25) is 5.91 Å². The second-order valence-electron chi connectivity index (χ2n) is 10.3. The van der Waals surface area contributed by atoms with Crippen molar-refractivity contribution in [1.29, 1.82) is 0 Å². The molecule has 0 bridgehead atoms. The number of hydrogen-bond donors (Lipinski definition) is 1. The number of fused-ring (bicyclic) bond motifs is 1. The highest BCUT2D eigenvalue weighted by Gasteiger charge is 2.40. The second-order valence-corrected chi connectivity index (χ2v) is 10.3. The fraction of sp³-hybridized carbons (Fsp3) is 0.593. The highest BCUT2D eigenvalue weighted by Crippen LogP contribution is 2.41. The Hall–Kier alpha value is -2.47. The summed E-state index contributed by atoms with van der Waals surface area (Å²) in [6.45, 7) is 6.70. The van der Waals surface area contributed by atoms with Crippen LogP contribution in [-0.4, -0.2) is 44.8 Å². The molecule has 0 unspecified atom stereocenters. The van der Waals surface area contributed by atoms with Gasteiger partial charge < -0.3 is 9.88 Å². The molecule has 0 radical (unpaired) electrons. The molecule has 1 N–H and O–H groups in total. The van der Waals surface area contributed by atoms with Gasteiger partial charge in [0, 0.05) is 31.2 Å². The van der Waals surface area contributed by atoms with Gasteiger partial charge in [0.25, 0.3) is 5.56 Å². The lowest BCUT2D eigenvalue weighted by atomic mass is 9.83. The average Bonchev–Trinajstić information content (AvgIpc) is 3.52. The summed E-state index contributed by atoms with van der Waals surface area (Å²) in [7, 11) is 0. The van der Waals surface area contributed by atoms with Crippen molar-refractivity contribution < 1.29 is 4.79 Å². The zero-order valence-electron chi connectivity index (χ0n) is 19.9. The molecule has 5 rings (SSSR count). The fourth-order valence-corrected chi connectivity index (χ4v) is 6.14. The third kappa shape index (κ3) is 4.37. The van der Waals surface area contributed by atoms with Gasteiger partial charge >= 0.3 is 0 Å². The number of hydrogen-bond acceptors (Lipinski definition) is 4. The fourth-order valence-electron chi connectivity index (χ4n) is 6.14. The van der Waals surface area contributed by atoms with Crippen LogP contribution in [0.15, 0.2) is 35.1 Å². The summed E-state index contributed by atoms with van der Waals surface area (Å²) in [5, 5.41) is 0. The van der Waals surface area contributed by atoms with Crippen LogP contribution in [0.3, 0.4) is 0 Å². The standard InChI is InChI=1S/C27H36N4O2/c1-18(2)30-16-14-21-22(17-30)28-25(29-26(21)32)23-13-8-15-31(23)27(33)24(20-11-6-7-12-20)19-9-4-3-5-10-19/h3-5,9-10,18,20,23-24H,6-8,11-17H2,1-2H3,(H,28,29,32)/t23-,24+/m1/s1. The van der Waals surface area contributed by atoms with E-state index in [-0.39, 0.29) is 23.4 Å². The zero-order valence-corrected chi connectivity index (χ0v) is 19.9.